The van der Waals surface area contributed by atoms with Gasteiger partial charge in [-0.05, 0) is 32.6 Å². The Labute approximate surface area is 136 Å². The number of fused-ring (bicyclic) bond motifs is 1. The van der Waals surface area contributed by atoms with Crippen LogP contribution in [0.15, 0.2) is 16.1 Å². The molecule has 1 aromatic rings. The molecule has 1 aliphatic heterocycles. The summed E-state index contributed by atoms with van der Waals surface area (Å²) in [5, 5.41) is 10.4. The van der Waals surface area contributed by atoms with Crippen molar-refractivity contribution in [2.24, 2.45) is 0 Å². The van der Waals surface area contributed by atoms with E-state index in [2.05, 4.69) is 9.97 Å². The van der Waals surface area contributed by atoms with Crippen LogP contribution >= 0.6 is 0 Å². The van der Waals surface area contributed by atoms with Crippen LogP contribution in [0.5, 0.6) is 0 Å². The molecule has 1 saturated carbocycles. The monoisotopic (exact) mass is 356 g/mol. The predicted octanol–water partition coefficient (Wildman–Crippen LogP) is 1.67. The summed E-state index contributed by atoms with van der Waals surface area (Å²) in [6.45, 7) is 1.62. The first-order valence-corrected chi connectivity index (χ1v) is 10.1. The van der Waals surface area contributed by atoms with Gasteiger partial charge < -0.3 is 9.84 Å². The van der Waals surface area contributed by atoms with E-state index < -0.39 is 30.4 Å². The number of aromatic nitrogens is 2. The molecule has 0 aromatic carbocycles. The molecule has 7 nitrogen and oxygen atoms in total. The lowest BCUT2D eigenvalue weighted by molar-refractivity contribution is -0.144. The Balaban J connectivity index is 1.99. The average molecular weight is 356 g/mol. The minimum atomic E-state index is -2.62. The molecule has 0 radical (unpaired) electrons. The lowest BCUT2D eigenvalue weighted by atomic mass is 9.98. The summed E-state index contributed by atoms with van der Waals surface area (Å²) in [4.78, 5) is 20.2. The number of hydrogen-bond donors (Lipinski definition) is 1. The fourth-order valence-corrected chi connectivity index (χ4v) is 5.88. The van der Waals surface area contributed by atoms with Crippen LogP contribution in [0.2, 0.25) is 0 Å². The number of carbonyl (C=O) groups excluding carboxylic acids is 1. The van der Waals surface area contributed by atoms with E-state index in [0.29, 0.717) is 5.82 Å². The lowest BCUT2D eigenvalue weighted by Gasteiger charge is -2.21. The van der Waals surface area contributed by atoms with E-state index in [1.165, 1.54) is 6.20 Å². The Morgan fingerprint density at radius 3 is 2.70 bits per heavy atom. The van der Waals surface area contributed by atoms with Crippen LogP contribution in [0.4, 0.5) is 0 Å². The lowest BCUT2D eigenvalue weighted by Crippen LogP contribution is -2.23. The van der Waals surface area contributed by atoms with Gasteiger partial charge in [0.05, 0.1) is 5.56 Å². The first kappa shape index (κ1) is 16.1. The number of esters is 1. The molecule has 0 spiro atoms. The molecule has 3 rings (SSSR count). The quantitative estimate of drug-likeness (QED) is 0.634. The smallest absolute Gasteiger partial charge is 0.349 e. The highest BCUT2D eigenvalue weighted by Crippen LogP contribution is 2.35. The molecule has 1 aliphatic carbocycles. The maximum Gasteiger partial charge on any atom is 0.349 e. The molecule has 0 bridgehead atoms. The molecule has 9 heteroatoms. The van der Waals surface area contributed by atoms with Crippen molar-refractivity contribution in [1.29, 1.82) is 0 Å². The number of hydrogen-bond acceptors (Lipinski definition) is 7. The average Bonchev–Trinajstić information content (AvgIpc) is 2.80. The SMILES string of the molecule is Cc1ncc2c(n1)S(=S(=O)=O)C(C(=O)OC1CCCCC1)=C2O. The number of carbonyl (C=O) groups is 1. The largest absolute Gasteiger partial charge is 0.506 e. The number of aryl methyl sites for hydroxylation is 1. The Kier molecular flexibility index (Phi) is 4.49. The normalized spacial score (nSPS) is 21.2. The van der Waals surface area contributed by atoms with Gasteiger partial charge in [-0.25, -0.2) is 14.8 Å². The van der Waals surface area contributed by atoms with Gasteiger partial charge in [-0.1, -0.05) is 6.42 Å². The maximum atomic E-state index is 12.4. The zero-order valence-electron chi connectivity index (χ0n) is 12.5. The van der Waals surface area contributed by atoms with E-state index in [0.717, 1.165) is 32.1 Å². The van der Waals surface area contributed by atoms with Crippen molar-refractivity contribution >= 4 is 30.4 Å². The summed E-state index contributed by atoms with van der Waals surface area (Å²) < 4.78 is 28.7. The summed E-state index contributed by atoms with van der Waals surface area (Å²) in [6, 6.07) is 0. The fraction of sp³-hybridized carbons (Fsp3) is 0.500. The van der Waals surface area contributed by atoms with Crippen LogP contribution in [0, 0.1) is 6.92 Å². The van der Waals surface area contributed by atoms with Crippen molar-refractivity contribution in [3.8, 4) is 0 Å². The molecule has 1 N–H and O–H groups in total. The predicted molar refractivity (Wildman–Crippen MR) is 83.8 cm³/mol. The van der Waals surface area contributed by atoms with Crippen molar-refractivity contribution in [2.75, 3.05) is 0 Å². The van der Waals surface area contributed by atoms with Gasteiger partial charge in [0.15, 0.2) is 0 Å². The van der Waals surface area contributed by atoms with Crippen LogP contribution in [-0.4, -0.2) is 35.6 Å². The second kappa shape index (κ2) is 6.40. The van der Waals surface area contributed by atoms with Crippen LogP contribution in [0.1, 0.15) is 43.5 Å². The number of ether oxygens (including phenoxy) is 1. The molecule has 1 aromatic heterocycles. The van der Waals surface area contributed by atoms with Crippen molar-refractivity contribution in [2.45, 2.75) is 50.2 Å². The van der Waals surface area contributed by atoms with Crippen LogP contribution in [0.3, 0.4) is 0 Å². The highest BCUT2D eigenvalue weighted by atomic mass is 32.9. The summed E-state index contributed by atoms with van der Waals surface area (Å²) in [6.07, 6.45) is 5.70. The maximum absolute atomic E-state index is 12.4. The minimum Gasteiger partial charge on any atom is -0.506 e. The van der Waals surface area contributed by atoms with Gasteiger partial charge >= 0.3 is 5.97 Å². The Hall–Kier alpha value is -1.74. The molecule has 1 fully saturated rings. The Morgan fingerprint density at radius 1 is 1.35 bits per heavy atom. The standard InChI is InChI=1S/C14H16N2O5S2/c1-8-15-7-10-11(17)12(22(23(19)20)13(10)16-8)14(18)21-9-5-3-2-4-6-9/h7,9,17H,2-6H2,1H3. The van der Waals surface area contributed by atoms with Crippen LogP contribution < -0.4 is 0 Å². The molecule has 23 heavy (non-hydrogen) atoms. The first-order valence-electron chi connectivity index (χ1n) is 7.31. The third-order valence-corrected chi connectivity index (χ3v) is 7.31. The number of aliphatic hydroxyl groups is 1. The topological polar surface area (TPSA) is 106 Å². The Morgan fingerprint density at radius 2 is 2.04 bits per heavy atom. The van der Waals surface area contributed by atoms with E-state index in [1.807, 2.05) is 0 Å². The van der Waals surface area contributed by atoms with Gasteiger partial charge in [0.1, 0.15) is 27.6 Å². The Bertz CT molecular complexity index is 831. The van der Waals surface area contributed by atoms with E-state index in [1.54, 1.807) is 6.92 Å². The molecule has 2 heterocycles. The van der Waals surface area contributed by atoms with Crippen LogP contribution in [-0.2, 0) is 28.2 Å². The fourth-order valence-electron chi connectivity index (χ4n) is 2.75. The molecule has 1 atom stereocenters. The first-order chi connectivity index (χ1) is 11.0. The zero-order valence-corrected chi connectivity index (χ0v) is 14.1. The highest BCUT2D eigenvalue weighted by Gasteiger charge is 2.36. The summed E-state index contributed by atoms with van der Waals surface area (Å²) in [5.74, 6) is -0.799. The van der Waals surface area contributed by atoms with Crippen LogP contribution in [0.25, 0.3) is 5.76 Å². The van der Waals surface area contributed by atoms with E-state index in [-0.39, 0.29) is 21.6 Å². The van der Waals surface area contributed by atoms with Gasteiger partial charge in [0, 0.05) is 15.7 Å². The van der Waals surface area contributed by atoms with Gasteiger partial charge in [0.25, 0.3) is 9.26 Å². The van der Waals surface area contributed by atoms with Crippen molar-refractivity contribution in [3.63, 3.8) is 0 Å². The van der Waals surface area contributed by atoms with Gasteiger partial charge in [0.2, 0.25) is 0 Å². The summed E-state index contributed by atoms with van der Waals surface area (Å²) in [5.41, 5.74) is 0.179. The third kappa shape index (κ3) is 3.02. The minimum absolute atomic E-state index is 0.152. The van der Waals surface area contributed by atoms with Gasteiger partial charge in [-0.15, -0.1) is 0 Å². The molecule has 0 amide bonds. The molecule has 124 valence electrons. The third-order valence-electron chi connectivity index (χ3n) is 3.85. The van der Waals surface area contributed by atoms with Gasteiger partial charge in [-0.2, -0.15) is 8.42 Å². The second-order valence-electron chi connectivity index (χ2n) is 5.45. The van der Waals surface area contributed by atoms with E-state index in [9.17, 15) is 18.3 Å². The summed E-state index contributed by atoms with van der Waals surface area (Å²) in [7, 11) is -4.27. The highest BCUT2D eigenvalue weighted by molar-refractivity contribution is 8.36. The van der Waals surface area contributed by atoms with Crippen molar-refractivity contribution in [3.05, 3.63) is 22.5 Å². The second-order valence-corrected chi connectivity index (χ2v) is 9.01. The molecule has 0 saturated heterocycles. The number of rotatable bonds is 2. The van der Waals surface area contributed by atoms with Crippen molar-refractivity contribution in [1.82, 2.24) is 9.97 Å². The molecule has 2 aliphatic rings. The molecule has 1 unspecified atom stereocenters. The van der Waals surface area contributed by atoms with E-state index >= 15 is 0 Å². The number of aliphatic hydroxyl groups excluding tert-OH is 1. The van der Waals surface area contributed by atoms with E-state index in [4.69, 9.17) is 4.74 Å². The van der Waals surface area contributed by atoms with Gasteiger partial charge in [-0.3, -0.25) is 0 Å². The number of nitrogens with zero attached hydrogens (tertiary/aromatic N) is 2. The molecular formula is C14H16N2O5S2. The molecular weight excluding hydrogens is 340 g/mol. The van der Waals surface area contributed by atoms with Crippen molar-refractivity contribution < 1.29 is 23.1 Å². The zero-order chi connectivity index (χ0) is 16.6. The summed E-state index contributed by atoms with van der Waals surface area (Å²) >= 11 is 0.